The van der Waals surface area contributed by atoms with Gasteiger partial charge in [-0.05, 0) is 0 Å². The fraction of sp³-hybridized carbons (Fsp3) is 0.857. The highest BCUT2D eigenvalue weighted by Gasteiger charge is 2.50. The van der Waals surface area contributed by atoms with Gasteiger partial charge in [-0.2, -0.15) is 0 Å². The fourth-order valence-corrected chi connectivity index (χ4v) is 1.61. The van der Waals surface area contributed by atoms with Crippen LogP contribution in [-0.4, -0.2) is 58.7 Å². The lowest BCUT2D eigenvalue weighted by atomic mass is 9.99. The minimum Gasteiger partial charge on any atom is -0.438 e. The van der Waals surface area contributed by atoms with E-state index in [1.807, 2.05) is 0 Å². The predicted molar refractivity (Wildman–Crippen MR) is 41.2 cm³/mol. The van der Waals surface area contributed by atoms with E-state index in [1.165, 1.54) is 0 Å². The van der Waals surface area contributed by atoms with Gasteiger partial charge in [0.25, 0.3) is 0 Å². The highest BCUT2D eigenvalue weighted by molar-refractivity contribution is 5.70. The second-order valence-electron chi connectivity index (χ2n) is 3.27. The molecule has 2 aliphatic heterocycles. The second-order valence-corrected chi connectivity index (χ2v) is 3.27. The number of nitrogens with one attached hydrogen (secondary N) is 1. The largest absolute Gasteiger partial charge is 0.438 e. The Balaban J connectivity index is 2.13. The molecule has 0 bridgehead atoms. The third kappa shape index (κ3) is 1.34. The molecule has 0 aromatic heterocycles. The van der Waals surface area contributed by atoms with Crippen LogP contribution in [-0.2, 0) is 9.47 Å². The molecule has 2 fully saturated rings. The van der Waals surface area contributed by atoms with Crippen LogP contribution >= 0.6 is 0 Å². The summed E-state index contributed by atoms with van der Waals surface area (Å²) in [5.74, 6) is 0. The summed E-state index contributed by atoms with van der Waals surface area (Å²) in [4.78, 5) is 10.8. The van der Waals surface area contributed by atoms with Crippen LogP contribution in [0.2, 0.25) is 0 Å². The molecular formula is C7H11NO6. The zero-order valence-corrected chi connectivity index (χ0v) is 7.16. The van der Waals surface area contributed by atoms with Crippen LogP contribution in [0.15, 0.2) is 0 Å². The molecule has 5 atom stereocenters. The molecule has 0 spiro atoms. The normalized spacial score (nSPS) is 46.8. The number of amides is 1. The summed E-state index contributed by atoms with van der Waals surface area (Å²) in [5.41, 5.74) is 0. The highest BCUT2D eigenvalue weighted by Crippen LogP contribution is 2.25. The molecule has 4 N–H and O–H groups in total. The maximum atomic E-state index is 10.8. The monoisotopic (exact) mass is 205 g/mol. The molecule has 80 valence electrons. The fourth-order valence-electron chi connectivity index (χ4n) is 1.61. The van der Waals surface area contributed by atoms with E-state index < -0.39 is 43.3 Å². The van der Waals surface area contributed by atoms with Crippen molar-refractivity contribution in [1.82, 2.24) is 5.32 Å². The number of hydrogen-bond donors (Lipinski definition) is 4. The van der Waals surface area contributed by atoms with Crippen molar-refractivity contribution in [2.45, 2.75) is 30.6 Å². The number of aliphatic hydroxyl groups is 3. The van der Waals surface area contributed by atoms with E-state index in [0.717, 1.165) is 0 Å². The maximum Gasteiger partial charge on any atom is 0.409 e. The van der Waals surface area contributed by atoms with Crippen LogP contribution in [0.5, 0.6) is 0 Å². The number of hydrogen-bond acceptors (Lipinski definition) is 6. The summed E-state index contributed by atoms with van der Waals surface area (Å²) >= 11 is 0. The van der Waals surface area contributed by atoms with Crippen LogP contribution in [0.4, 0.5) is 4.79 Å². The molecule has 14 heavy (non-hydrogen) atoms. The van der Waals surface area contributed by atoms with E-state index in [4.69, 9.17) is 9.84 Å². The third-order valence-corrected chi connectivity index (χ3v) is 2.37. The topological polar surface area (TPSA) is 108 Å². The summed E-state index contributed by atoms with van der Waals surface area (Å²) in [7, 11) is 0. The van der Waals surface area contributed by atoms with Gasteiger partial charge >= 0.3 is 6.09 Å². The lowest BCUT2D eigenvalue weighted by molar-refractivity contribution is -0.215. The molecule has 2 heterocycles. The summed E-state index contributed by atoms with van der Waals surface area (Å²) < 4.78 is 9.77. The Morgan fingerprint density at radius 1 is 1.36 bits per heavy atom. The number of ether oxygens (including phenoxy) is 2. The predicted octanol–water partition coefficient (Wildman–Crippen LogP) is -2.47. The van der Waals surface area contributed by atoms with Gasteiger partial charge in [0.05, 0.1) is 6.61 Å². The van der Waals surface area contributed by atoms with Crippen molar-refractivity contribution in [2.75, 3.05) is 6.61 Å². The van der Waals surface area contributed by atoms with Crippen molar-refractivity contribution in [1.29, 1.82) is 0 Å². The second kappa shape index (κ2) is 3.35. The number of aliphatic hydroxyl groups excluding tert-OH is 3. The highest BCUT2D eigenvalue weighted by atomic mass is 16.6. The number of rotatable bonds is 1. The van der Waals surface area contributed by atoms with E-state index in [0.29, 0.717) is 0 Å². The lowest BCUT2D eigenvalue weighted by Crippen LogP contribution is -2.59. The summed E-state index contributed by atoms with van der Waals surface area (Å²) in [6.45, 7) is -0.433. The first-order valence-corrected chi connectivity index (χ1v) is 4.23. The molecular weight excluding hydrogens is 194 g/mol. The minimum absolute atomic E-state index is 0.433. The van der Waals surface area contributed by atoms with E-state index in [2.05, 4.69) is 10.1 Å². The zero-order valence-electron chi connectivity index (χ0n) is 7.16. The summed E-state index contributed by atoms with van der Waals surface area (Å²) in [6, 6.07) is 0. The smallest absolute Gasteiger partial charge is 0.409 e. The first kappa shape index (κ1) is 9.66. The number of carbonyl (C=O) groups is 1. The van der Waals surface area contributed by atoms with Gasteiger partial charge in [0.15, 0.2) is 12.3 Å². The molecule has 0 aliphatic carbocycles. The first-order chi connectivity index (χ1) is 6.63. The van der Waals surface area contributed by atoms with Gasteiger partial charge in [0, 0.05) is 0 Å². The van der Waals surface area contributed by atoms with Crippen LogP contribution in [0.3, 0.4) is 0 Å². The standard InChI is InChI=1S/C7H11NO6/c9-1-2-3(10)4(11)5-6(13-2)8-7(12)14-5/h2-6,9-11H,1H2,(H,8,12)/t2-,3-,4+,5-,6+/m1/s1. The average Bonchev–Trinajstić information content (AvgIpc) is 2.52. The Hall–Kier alpha value is -0.890. The van der Waals surface area contributed by atoms with Crippen molar-refractivity contribution in [3.63, 3.8) is 0 Å². The van der Waals surface area contributed by atoms with Gasteiger partial charge in [-0.15, -0.1) is 0 Å². The molecule has 0 saturated carbocycles. The van der Waals surface area contributed by atoms with E-state index in [9.17, 15) is 15.0 Å². The Morgan fingerprint density at radius 3 is 2.71 bits per heavy atom. The van der Waals surface area contributed by atoms with Gasteiger partial charge in [-0.25, -0.2) is 4.79 Å². The Kier molecular flexibility index (Phi) is 2.31. The number of carbonyl (C=O) groups excluding carboxylic acids is 1. The van der Waals surface area contributed by atoms with Crippen LogP contribution in [0.25, 0.3) is 0 Å². The van der Waals surface area contributed by atoms with Crippen molar-refractivity contribution < 1.29 is 29.6 Å². The van der Waals surface area contributed by atoms with Crippen molar-refractivity contribution in [3.05, 3.63) is 0 Å². The lowest BCUT2D eigenvalue weighted by Gasteiger charge is -2.36. The van der Waals surface area contributed by atoms with Crippen LogP contribution < -0.4 is 5.32 Å². The molecule has 2 rings (SSSR count). The first-order valence-electron chi connectivity index (χ1n) is 4.23. The van der Waals surface area contributed by atoms with Gasteiger partial charge in [-0.3, -0.25) is 5.32 Å². The van der Waals surface area contributed by atoms with Gasteiger partial charge in [0.1, 0.15) is 18.3 Å². The molecule has 7 nitrogen and oxygen atoms in total. The Bertz CT molecular complexity index is 246. The van der Waals surface area contributed by atoms with Gasteiger partial charge in [0.2, 0.25) is 0 Å². The summed E-state index contributed by atoms with van der Waals surface area (Å²) in [6.07, 6.45) is -5.84. The Morgan fingerprint density at radius 2 is 2.07 bits per heavy atom. The minimum atomic E-state index is -1.26. The number of fused-ring (bicyclic) bond motifs is 1. The zero-order chi connectivity index (χ0) is 10.3. The average molecular weight is 205 g/mol. The molecule has 0 aromatic carbocycles. The van der Waals surface area contributed by atoms with E-state index in [-0.39, 0.29) is 0 Å². The Labute approximate surface area is 79.2 Å². The van der Waals surface area contributed by atoms with E-state index >= 15 is 0 Å². The van der Waals surface area contributed by atoms with Crippen LogP contribution in [0, 0.1) is 0 Å². The molecule has 1 amide bonds. The molecule has 0 radical (unpaired) electrons. The van der Waals surface area contributed by atoms with Crippen molar-refractivity contribution in [3.8, 4) is 0 Å². The van der Waals surface area contributed by atoms with Crippen LogP contribution in [0.1, 0.15) is 0 Å². The van der Waals surface area contributed by atoms with Gasteiger partial charge in [-0.1, -0.05) is 0 Å². The SMILES string of the molecule is O=C1N[C@H]2O[C@H](CO)[C@@H](O)[C@H](O)[C@H]2O1. The van der Waals surface area contributed by atoms with E-state index in [1.54, 1.807) is 0 Å². The molecule has 0 unspecified atom stereocenters. The molecule has 7 heteroatoms. The number of alkyl carbamates (subject to hydrolysis) is 1. The maximum absolute atomic E-state index is 10.8. The van der Waals surface area contributed by atoms with Crippen molar-refractivity contribution >= 4 is 6.09 Å². The van der Waals surface area contributed by atoms with Gasteiger partial charge < -0.3 is 24.8 Å². The van der Waals surface area contributed by atoms with Crippen molar-refractivity contribution in [2.24, 2.45) is 0 Å². The molecule has 2 aliphatic rings. The summed E-state index contributed by atoms with van der Waals surface area (Å²) in [5, 5.41) is 30.0. The quantitative estimate of drug-likeness (QED) is 0.378. The molecule has 2 saturated heterocycles. The molecule has 0 aromatic rings. The third-order valence-electron chi connectivity index (χ3n) is 2.37.